The molecule has 3 aromatic rings. The fraction of sp³-hybridized carbons (Fsp3) is 0.459. The van der Waals surface area contributed by atoms with E-state index in [9.17, 15) is 9.59 Å². The van der Waals surface area contributed by atoms with E-state index in [0.717, 1.165) is 48.1 Å². The van der Waals surface area contributed by atoms with Gasteiger partial charge in [0.2, 0.25) is 0 Å². The third kappa shape index (κ3) is 7.28. The van der Waals surface area contributed by atoms with Crippen LogP contribution in [0.5, 0.6) is 11.5 Å². The highest BCUT2D eigenvalue weighted by Gasteiger charge is 2.29. The molecule has 4 nitrogen and oxygen atoms in total. The van der Waals surface area contributed by atoms with Crippen LogP contribution in [-0.4, -0.2) is 17.4 Å². The Bertz CT molecular complexity index is 1370. The minimum absolute atomic E-state index is 0.0890. The molecule has 0 spiro atoms. The lowest BCUT2D eigenvalue weighted by atomic mass is 9.77. The average molecular weight is 557 g/mol. The number of aryl methyl sites for hydroxylation is 2. The Morgan fingerprint density at radius 2 is 1.17 bits per heavy atom. The first-order valence-electron chi connectivity index (χ1n) is 15.0. The SMILES string of the molecule is CCCC(C)(C)C(=O)c1ccc(C(=O)Oc2ccc(C(C)(C)c3ccc(OC(C)(CC)CC)c(C)c3)cc2C)cc1. The van der Waals surface area contributed by atoms with Gasteiger partial charge in [-0.25, -0.2) is 4.79 Å². The summed E-state index contributed by atoms with van der Waals surface area (Å²) < 4.78 is 12.2. The van der Waals surface area contributed by atoms with E-state index < -0.39 is 11.4 Å². The molecule has 41 heavy (non-hydrogen) atoms. The molecule has 0 saturated heterocycles. The summed E-state index contributed by atoms with van der Waals surface area (Å²) in [5, 5.41) is 0. The van der Waals surface area contributed by atoms with E-state index in [1.54, 1.807) is 24.3 Å². The number of rotatable bonds is 12. The number of Topliss-reactive ketones (excluding diaryl/α,β-unsaturated/α-hetero) is 1. The summed E-state index contributed by atoms with van der Waals surface area (Å²) in [5.74, 6) is 1.10. The Kier molecular flexibility index (Phi) is 9.89. The van der Waals surface area contributed by atoms with Crippen LogP contribution < -0.4 is 9.47 Å². The summed E-state index contributed by atoms with van der Waals surface area (Å²) in [7, 11) is 0. The third-order valence-electron chi connectivity index (χ3n) is 8.72. The van der Waals surface area contributed by atoms with Gasteiger partial charge in [-0.05, 0) is 86.6 Å². The second-order valence-corrected chi connectivity index (χ2v) is 12.8. The molecule has 0 aromatic heterocycles. The quantitative estimate of drug-likeness (QED) is 0.127. The Hall–Kier alpha value is -3.40. The van der Waals surface area contributed by atoms with E-state index in [0.29, 0.717) is 16.9 Å². The number of esters is 1. The molecule has 0 unspecified atom stereocenters. The van der Waals surface area contributed by atoms with E-state index in [-0.39, 0.29) is 16.8 Å². The number of ether oxygens (including phenoxy) is 2. The zero-order valence-electron chi connectivity index (χ0n) is 26.7. The van der Waals surface area contributed by atoms with Gasteiger partial charge in [0.1, 0.15) is 17.1 Å². The Balaban J connectivity index is 1.76. The van der Waals surface area contributed by atoms with Crippen LogP contribution in [-0.2, 0) is 5.41 Å². The summed E-state index contributed by atoms with van der Waals surface area (Å²) >= 11 is 0. The molecule has 220 valence electrons. The molecule has 0 aliphatic rings. The third-order valence-corrected chi connectivity index (χ3v) is 8.72. The molecule has 0 radical (unpaired) electrons. The molecule has 0 N–H and O–H groups in total. The van der Waals surface area contributed by atoms with Gasteiger partial charge in [-0.15, -0.1) is 0 Å². The van der Waals surface area contributed by atoms with Crippen molar-refractivity contribution in [3.8, 4) is 11.5 Å². The molecule has 3 rings (SSSR count). The van der Waals surface area contributed by atoms with Crippen molar-refractivity contribution in [3.05, 3.63) is 94.0 Å². The number of ketones is 1. The van der Waals surface area contributed by atoms with Crippen LogP contribution in [0.2, 0.25) is 0 Å². The van der Waals surface area contributed by atoms with Crippen LogP contribution in [0.15, 0.2) is 60.7 Å². The van der Waals surface area contributed by atoms with Gasteiger partial charge in [-0.2, -0.15) is 0 Å². The van der Waals surface area contributed by atoms with Gasteiger partial charge in [-0.3, -0.25) is 4.79 Å². The van der Waals surface area contributed by atoms with E-state index in [4.69, 9.17) is 9.47 Å². The molecule has 0 bridgehead atoms. The van der Waals surface area contributed by atoms with Gasteiger partial charge < -0.3 is 9.47 Å². The molecule has 0 fully saturated rings. The minimum Gasteiger partial charge on any atom is -0.487 e. The molecule has 0 saturated carbocycles. The number of carbonyl (C=O) groups excluding carboxylic acids is 2. The van der Waals surface area contributed by atoms with Gasteiger partial charge in [0.15, 0.2) is 5.78 Å². The zero-order chi connectivity index (χ0) is 30.6. The second kappa shape index (κ2) is 12.6. The van der Waals surface area contributed by atoms with Crippen LogP contribution in [0.4, 0.5) is 0 Å². The average Bonchev–Trinajstić information content (AvgIpc) is 2.94. The molecule has 0 aliphatic carbocycles. The van der Waals surface area contributed by atoms with Gasteiger partial charge in [-0.1, -0.05) is 91.3 Å². The Morgan fingerprint density at radius 1 is 0.683 bits per heavy atom. The molecule has 0 atom stereocenters. The largest absolute Gasteiger partial charge is 0.487 e. The fourth-order valence-electron chi connectivity index (χ4n) is 5.18. The van der Waals surface area contributed by atoms with Crippen molar-refractivity contribution in [2.24, 2.45) is 5.41 Å². The van der Waals surface area contributed by atoms with E-state index >= 15 is 0 Å². The Labute approximate surface area is 247 Å². The number of carbonyl (C=O) groups is 2. The summed E-state index contributed by atoms with van der Waals surface area (Å²) in [4.78, 5) is 25.8. The van der Waals surface area contributed by atoms with Gasteiger partial charge in [0.25, 0.3) is 0 Å². The van der Waals surface area contributed by atoms with Gasteiger partial charge >= 0.3 is 5.97 Å². The zero-order valence-corrected chi connectivity index (χ0v) is 26.7. The summed E-state index contributed by atoms with van der Waals surface area (Å²) in [6, 6.07) is 19.2. The Morgan fingerprint density at radius 3 is 1.63 bits per heavy atom. The first-order valence-corrected chi connectivity index (χ1v) is 15.0. The van der Waals surface area contributed by atoms with Crippen molar-refractivity contribution in [1.82, 2.24) is 0 Å². The number of hydrogen-bond acceptors (Lipinski definition) is 4. The minimum atomic E-state index is -0.440. The highest BCUT2D eigenvalue weighted by atomic mass is 16.5. The summed E-state index contributed by atoms with van der Waals surface area (Å²) in [6.45, 7) is 21.0. The smallest absolute Gasteiger partial charge is 0.343 e. The molecule has 0 aliphatic heterocycles. The van der Waals surface area contributed by atoms with E-state index in [1.807, 2.05) is 32.9 Å². The van der Waals surface area contributed by atoms with Crippen LogP contribution in [0.1, 0.15) is 124 Å². The molecule has 4 heteroatoms. The fourth-order valence-corrected chi connectivity index (χ4v) is 5.18. The monoisotopic (exact) mass is 556 g/mol. The highest BCUT2D eigenvalue weighted by molar-refractivity contribution is 6.01. The molecular weight excluding hydrogens is 508 g/mol. The normalized spacial score (nSPS) is 12.2. The van der Waals surface area contributed by atoms with Gasteiger partial charge in [0, 0.05) is 16.4 Å². The van der Waals surface area contributed by atoms with Crippen molar-refractivity contribution < 1.29 is 19.1 Å². The lowest BCUT2D eigenvalue weighted by Gasteiger charge is -2.31. The number of benzene rings is 3. The second-order valence-electron chi connectivity index (χ2n) is 12.8. The standard InChI is InChI=1S/C37H48O4/c1-11-22-35(6,7)33(38)27-14-16-28(17-15-27)34(39)40-31-20-18-29(23-25(31)4)36(8,9)30-19-21-32(26(5)24-30)41-37(10,12-2)13-3/h14-21,23-24H,11-13,22H2,1-10H3. The van der Waals surface area contributed by atoms with Crippen molar-refractivity contribution >= 4 is 11.8 Å². The van der Waals surface area contributed by atoms with Crippen molar-refractivity contribution in [2.45, 2.75) is 106 Å². The summed E-state index contributed by atoms with van der Waals surface area (Å²) in [6.07, 6.45) is 3.67. The van der Waals surface area contributed by atoms with E-state index in [2.05, 4.69) is 72.7 Å². The van der Waals surface area contributed by atoms with Crippen molar-refractivity contribution in [1.29, 1.82) is 0 Å². The maximum absolute atomic E-state index is 12.9. The van der Waals surface area contributed by atoms with Crippen LogP contribution >= 0.6 is 0 Å². The van der Waals surface area contributed by atoms with Crippen LogP contribution in [0.3, 0.4) is 0 Å². The topological polar surface area (TPSA) is 52.6 Å². The van der Waals surface area contributed by atoms with Crippen molar-refractivity contribution in [3.63, 3.8) is 0 Å². The molecule has 0 amide bonds. The number of hydrogen-bond donors (Lipinski definition) is 0. The van der Waals surface area contributed by atoms with Crippen LogP contribution in [0, 0.1) is 19.3 Å². The van der Waals surface area contributed by atoms with Crippen LogP contribution in [0.25, 0.3) is 0 Å². The molecular formula is C37H48O4. The first kappa shape index (κ1) is 32.1. The molecule has 0 heterocycles. The lowest BCUT2D eigenvalue weighted by Crippen LogP contribution is -2.30. The lowest BCUT2D eigenvalue weighted by molar-refractivity contribution is 0.0731. The van der Waals surface area contributed by atoms with E-state index in [1.165, 1.54) is 5.56 Å². The highest BCUT2D eigenvalue weighted by Crippen LogP contribution is 2.37. The predicted molar refractivity (Wildman–Crippen MR) is 169 cm³/mol. The van der Waals surface area contributed by atoms with Crippen molar-refractivity contribution in [2.75, 3.05) is 0 Å². The maximum atomic E-state index is 12.9. The molecule has 3 aromatic carbocycles. The first-order chi connectivity index (χ1) is 19.2. The maximum Gasteiger partial charge on any atom is 0.343 e. The predicted octanol–water partition coefficient (Wildman–Crippen LogP) is 9.82. The summed E-state index contributed by atoms with van der Waals surface area (Å²) in [5.41, 5.74) is 4.50. The van der Waals surface area contributed by atoms with Gasteiger partial charge in [0.05, 0.1) is 5.56 Å².